The molecule has 0 saturated carbocycles. The van der Waals surface area contributed by atoms with E-state index in [2.05, 4.69) is 15.5 Å². The van der Waals surface area contributed by atoms with Gasteiger partial charge in [-0.2, -0.15) is 8.78 Å². The lowest BCUT2D eigenvalue weighted by Gasteiger charge is -2.27. The lowest BCUT2D eigenvalue weighted by Crippen LogP contribution is -2.47. The predicted molar refractivity (Wildman–Crippen MR) is 53.1 cm³/mol. The average Bonchev–Trinajstić information content (AvgIpc) is 2.26. The SMILES string of the molecule is FC(F)C(F)(F)CNCCN1CCNCC1. The minimum Gasteiger partial charge on any atom is -0.314 e. The first-order valence-electron chi connectivity index (χ1n) is 5.32. The van der Waals surface area contributed by atoms with Crippen LogP contribution in [-0.4, -0.2) is 63.1 Å². The van der Waals surface area contributed by atoms with Gasteiger partial charge in [0.25, 0.3) is 0 Å². The van der Waals surface area contributed by atoms with Crippen LogP contribution in [0.15, 0.2) is 0 Å². The Kier molecular flexibility index (Phi) is 5.43. The number of halogens is 4. The summed E-state index contributed by atoms with van der Waals surface area (Å²) in [6.45, 7) is 3.46. The van der Waals surface area contributed by atoms with E-state index in [-0.39, 0.29) is 0 Å². The van der Waals surface area contributed by atoms with Crippen LogP contribution in [-0.2, 0) is 0 Å². The Hall–Kier alpha value is -0.400. The first kappa shape index (κ1) is 13.7. The van der Waals surface area contributed by atoms with Gasteiger partial charge in [0.15, 0.2) is 0 Å². The predicted octanol–water partition coefficient (Wildman–Crippen LogP) is 0.382. The lowest BCUT2D eigenvalue weighted by atomic mass is 10.3. The third-order valence-corrected chi connectivity index (χ3v) is 2.49. The van der Waals surface area contributed by atoms with Gasteiger partial charge in [0.2, 0.25) is 0 Å². The third-order valence-electron chi connectivity index (χ3n) is 2.49. The molecule has 0 aromatic carbocycles. The van der Waals surface area contributed by atoms with Crippen LogP contribution < -0.4 is 10.6 Å². The largest absolute Gasteiger partial charge is 0.319 e. The highest BCUT2D eigenvalue weighted by Crippen LogP contribution is 2.21. The summed E-state index contributed by atoms with van der Waals surface area (Å²) in [4.78, 5) is 2.10. The molecule has 0 atom stereocenters. The molecule has 1 fully saturated rings. The molecule has 3 nitrogen and oxygen atoms in total. The van der Waals surface area contributed by atoms with E-state index < -0.39 is 18.9 Å². The van der Waals surface area contributed by atoms with Crippen LogP contribution >= 0.6 is 0 Å². The van der Waals surface area contributed by atoms with E-state index >= 15 is 0 Å². The monoisotopic (exact) mass is 243 g/mol. The topological polar surface area (TPSA) is 27.3 Å². The molecule has 1 aliphatic heterocycles. The first-order valence-corrected chi connectivity index (χ1v) is 5.32. The molecule has 2 N–H and O–H groups in total. The summed E-state index contributed by atoms with van der Waals surface area (Å²) in [7, 11) is 0. The zero-order valence-electron chi connectivity index (χ0n) is 8.99. The summed E-state index contributed by atoms with van der Waals surface area (Å²) >= 11 is 0. The van der Waals surface area contributed by atoms with Crippen LogP contribution in [0, 0.1) is 0 Å². The Morgan fingerprint density at radius 3 is 2.44 bits per heavy atom. The number of nitrogens with zero attached hydrogens (tertiary/aromatic N) is 1. The quantitative estimate of drug-likeness (QED) is 0.522. The molecule has 1 aliphatic rings. The Labute approximate surface area is 92.2 Å². The van der Waals surface area contributed by atoms with Gasteiger partial charge >= 0.3 is 12.3 Å². The fourth-order valence-electron chi connectivity index (χ4n) is 1.50. The van der Waals surface area contributed by atoms with Gasteiger partial charge in [0.1, 0.15) is 0 Å². The van der Waals surface area contributed by atoms with Crippen LogP contribution in [0.3, 0.4) is 0 Å². The third kappa shape index (κ3) is 4.63. The molecule has 16 heavy (non-hydrogen) atoms. The van der Waals surface area contributed by atoms with E-state index in [1.165, 1.54) is 0 Å². The van der Waals surface area contributed by atoms with Crippen LogP contribution in [0.5, 0.6) is 0 Å². The Morgan fingerprint density at radius 2 is 1.88 bits per heavy atom. The van der Waals surface area contributed by atoms with Gasteiger partial charge in [0.05, 0.1) is 6.54 Å². The van der Waals surface area contributed by atoms with Crippen molar-refractivity contribution in [2.45, 2.75) is 12.3 Å². The summed E-state index contributed by atoms with van der Waals surface area (Å²) in [6.07, 6.45) is -3.60. The van der Waals surface area contributed by atoms with Gasteiger partial charge in [-0.25, -0.2) is 8.78 Å². The molecule has 1 rings (SSSR count). The van der Waals surface area contributed by atoms with Crippen LogP contribution in [0.1, 0.15) is 0 Å². The van der Waals surface area contributed by atoms with Gasteiger partial charge < -0.3 is 10.6 Å². The van der Waals surface area contributed by atoms with Crippen molar-refractivity contribution >= 4 is 0 Å². The molecule has 0 bridgehead atoms. The first-order chi connectivity index (χ1) is 7.52. The standard InChI is InChI=1S/C9H17F4N3/c10-8(11)9(12,13)7-15-3-6-16-4-1-14-2-5-16/h8,14-15H,1-7H2. The van der Waals surface area contributed by atoms with Crippen molar-refractivity contribution in [2.24, 2.45) is 0 Å². The molecule has 0 aromatic rings. The summed E-state index contributed by atoms with van der Waals surface area (Å²) in [5.74, 6) is -3.93. The van der Waals surface area contributed by atoms with Gasteiger partial charge in [0, 0.05) is 39.3 Å². The molecule has 0 aromatic heterocycles. The Bertz CT molecular complexity index is 195. The van der Waals surface area contributed by atoms with Gasteiger partial charge in [-0.05, 0) is 0 Å². The second-order valence-corrected chi connectivity index (χ2v) is 3.83. The molecule has 7 heteroatoms. The Balaban J connectivity index is 2.06. The van der Waals surface area contributed by atoms with E-state index in [0.717, 1.165) is 26.2 Å². The maximum absolute atomic E-state index is 12.5. The highest BCUT2D eigenvalue weighted by Gasteiger charge is 2.39. The number of alkyl halides is 4. The van der Waals surface area contributed by atoms with Crippen LogP contribution in [0.25, 0.3) is 0 Å². The van der Waals surface area contributed by atoms with Crippen molar-refractivity contribution in [3.63, 3.8) is 0 Å². The maximum atomic E-state index is 12.5. The summed E-state index contributed by atoms with van der Waals surface area (Å²) in [5.41, 5.74) is 0. The summed E-state index contributed by atoms with van der Waals surface area (Å²) < 4.78 is 48.5. The van der Waals surface area contributed by atoms with Gasteiger partial charge in [-0.15, -0.1) is 0 Å². The molecule has 1 heterocycles. The van der Waals surface area contributed by atoms with E-state index in [1.54, 1.807) is 0 Å². The number of piperazine rings is 1. The fourth-order valence-corrected chi connectivity index (χ4v) is 1.50. The minimum atomic E-state index is -3.93. The molecular formula is C9H17F4N3. The second-order valence-electron chi connectivity index (χ2n) is 3.83. The molecule has 0 unspecified atom stereocenters. The normalized spacial score (nSPS) is 19.3. The Morgan fingerprint density at radius 1 is 1.25 bits per heavy atom. The van der Waals surface area contributed by atoms with Crippen molar-refractivity contribution in [1.82, 2.24) is 15.5 Å². The molecule has 0 radical (unpaired) electrons. The number of nitrogens with one attached hydrogen (secondary N) is 2. The molecule has 0 aliphatic carbocycles. The summed E-state index contributed by atoms with van der Waals surface area (Å²) in [5, 5.41) is 5.53. The maximum Gasteiger partial charge on any atom is 0.319 e. The second kappa shape index (κ2) is 6.36. The van der Waals surface area contributed by atoms with E-state index in [0.29, 0.717) is 13.1 Å². The molecule has 0 spiro atoms. The lowest BCUT2D eigenvalue weighted by molar-refractivity contribution is -0.125. The van der Waals surface area contributed by atoms with Gasteiger partial charge in [-0.3, -0.25) is 4.90 Å². The van der Waals surface area contributed by atoms with Crippen LogP contribution in [0.4, 0.5) is 17.6 Å². The van der Waals surface area contributed by atoms with Gasteiger partial charge in [-0.1, -0.05) is 0 Å². The van der Waals surface area contributed by atoms with E-state index in [1.807, 2.05) is 0 Å². The number of hydrogen-bond acceptors (Lipinski definition) is 3. The van der Waals surface area contributed by atoms with E-state index in [9.17, 15) is 17.6 Å². The van der Waals surface area contributed by atoms with Crippen molar-refractivity contribution < 1.29 is 17.6 Å². The molecule has 96 valence electrons. The highest BCUT2D eigenvalue weighted by atomic mass is 19.3. The zero-order valence-corrected chi connectivity index (χ0v) is 8.99. The molecular weight excluding hydrogens is 226 g/mol. The van der Waals surface area contributed by atoms with Crippen molar-refractivity contribution in [2.75, 3.05) is 45.8 Å². The van der Waals surface area contributed by atoms with E-state index in [4.69, 9.17) is 0 Å². The van der Waals surface area contributed by atoms with Crippen molar-refractivity contribution in [3.05, 3.63) is 0 Å². The number of rotatable bonds is 6. The van der Waals surface area contributed by atoms with Crippen molar-refractivity contribution in [3.8, 4) is 0 Å². The van der Waals surface area contributed by atoms with Crippen molar-refractivity contribution in [1.29, 1.82) is 0 Å². The highest BCUT2D eigenvalue weighted by molar-refractivity contribution is 4.73. The minimum absolute atomic E-state index is 0.308. The smallest absolute Gasteiger partial charge is 0.314 e. The zero-order chi connectivity index (χ0) is 12.0. The molecule has 0 amide bonds. The summed E-state index contributed by atoms with van der Waals surface area (Å²) in [6, 6.07) is 0. The number of hydrogen-bond donors (Lipinski definition) is 2. The molecule has 1 saturated heterocycles. The average molecular weight is 243 g/mol. The van der Waals surface area contributed by atoms with Crippen LogP contribution in [0.2, 0.25) is 0 Å². The fraction of sp³-hybridized carbons (Fsp3) is 1.00.